The summed E-state index contributed by atoms with van der Waals surface area (Å²) in [5.41, 5.74) is 1.12. The highest BCUT2D eigenvalue weighted by atomic mass is 32.2. The summed E-state index contributed by atoms with van der Waals surface area (Å²) in [5.74, 6) is -1.95. The van der Waals surface area contributed by atoms with Gasteiger partial charge in [-0.15, -0.1) is 0 Å². The zero-order valence-electron chi connectivity index (χ0n) is 20.6. The Bertz CT molecular complexity index is 1260. The van der Waals surface area contributed by atoms with Crippen LogP contribution in [-0.2, 0) is 19.4 Å². The summed E-state index contributed by atoms with van der Waals surface area (Å²) in [7, 11) is -3.17. The number of likely N-dealkylation sites (N-methyl/N-ethyl adjacent to an activating group) is 1. The van der Waals surface area contributed by atoms with Crippen LogP contribution in [0.4, 0.5) is 10.1 Å². The van der Waals surface area contributed by atoms with Gasteiger partial charge in [-0.3, -0.25) is 9.59 Å². The van der Waals surface area contributed by atoms with Crippen LogP contribution >= 0.6 is 0 Å². The molecular formula is C26H30FN3O6S. The van der Waals surface area contributed by atoms with E-state index in [4.69, 9.17) is 4.74 Å². The zero-order chi connectivity index (χ0) is 26.6. The fourth-order valence-electron chi connectivity index (χ4n) is 4.78. The molecular weight excluding hydrogens is 501 g/mol. The van der Waals surface area contributed by atoms with Gasteiger partial charge in [-0.2, -0.15) is 0 Å². The lowest BCUT2D eigenvalue weighted by molar-refractivity contribution is -0.136. The van der Waals surface area contributed by atoms with Crippen molar-refractivity contribution in [1.82, 2.24) is 9.80 Å². The molecule has 1 unspecified atom stereocenters. The molecule has 2 fully saturated rings. The number of nitrogens with zero attached hydrogens (tertiary/aromatic N) is 3. The van der Waals surface area contributed by atoms with Gasteiger partial charge in [0.05, 0.1) is 22.6 Å². The molecule has 0 bridgehead atoms. The van der Waals surface area contributed by atoms with E-state index in [0.29, 0.717) is 39.1 Å². The zero-order valence-corrected chi connectivity index (χ0v) is 21.5. The van der Waals surface area contributed by atoms with E-state index in [1.54, 1.807) is 42.2 Å². The van der Waals surface area contributed by atoms with Crippen LogP contribution in [0.25, 0.3) is 0 Å². The van der Waals surface area contributed by atoms with Crippen molar-refractivity contribution in [2.24, 2.45) is 0 Å². The van der Waals surface area contributed by atoms with Gasteiger partial charge >= 0.3 is 5.97 Å². The molecule has 37 heavy (non-hydrogen) atoms. The third kappa shape index (κ3) is 6.27. The Hall–Kier alpha value is -3.47. The number of esters is 1. The molecule has 11 heteroatoms. The van der Waals surface area contributed by atoms with Crippen LogP contribution in [0.15, 0.2) is 48.5 Å². The van der Waals surface area contributed by atoms with Gasteiger partial charge in [0, 0.05) is 44.5 Å². The van der Waals surface area contributed by atoms with E-state index in [-0.39, 0.29) is 34.4 Å². The quantitative estimate of drug-likeness (QED) is 0.503. The van der Waals surface area contributed by atoms with Gasteiger partial charge in [0.15, 0.2) is 16.4 Å². The molecule has 0 spiro atoms. The Morgan fingerprint density at radius 1 is 1.00 bits per heavy atom. The topological polar surface area (TPSA) is 104 Å². The smallest absolute Gasteiger partial charge is 0.339 e. The Labute approximate surface area is 215 Å². The van der Waals surface area contributed by atoms with Crippen molar-refractivity contribution in [2.75, 3.05) is 55.7 Å². The molecule has 0 aliphatic carbocycles. The van der Waals surface area contributed by atoms with E-state index in [2.05, 4.69) is 4.90 Å². The van der Waals surface area contributed by atoms with Crippen molar-refractivity contribution in [2.45, 2.75) is 19.4 Å². The fourth-order valence-corrected chi connectivity index (χ4v) is 6.52. The number of benzene rings is 2. The molecule has 2 aromatic rings. The second kappa shape index (κ2) is 11.3. The Balaban J connectivity index is 1.36. The summed E-state index contributed by atoms with van der Waals surface area (Å²) < 4.78 is 42.1. The summed E-state index contributed by atoms with van der Waals surface area (Å²) in [4.78, 5) is 43.9. The van der Waals surface area contributed by atoms with Gasteiger partial charge in [0.2, 0.25) is 0 Å². The van der Waals surface area contributed by atoms with Crippen molar-refractivity contribution in [3.63, 3.8) is 0 Å². The standard InChI is InChI=1S/C26H30FN3O6S/c1-2-30(21-11-16-37(34,35)18-21)24(31)17-36-26(33)23-6-4-3-5-22(23)25(32)29-14-12-28(13-15-29)20-9-7-19(27)8-10-20/h3-10,21H,2,11-18H2,1H3. The number of carbonyl (C=O) groups is 3. The van der Waals surface area contributed by atoms with Crippen LogP contribution in [0.3, 0.4) is 0 Å². The first-order valence-corrected chi connectivity index (χ1v) is 14.1. The number of hydrogen-bond acceptors (Lipinski definition) is 7. The molecule has 0 N–H and O–H groups in total. The van der Waals surface area contributed by atoms with E-state index < -0.39 is 34.4 Å². The number of sulfone groups is 1. The van der Waals surface area contributed by atoms with Crippen molar-refractivity contribution < 1.29 is 31.9 Å². The minimum Gasteiger partial charge on any atom is -0.452 e. The van der Waals surface area contributed by atoms with E-state index in [1.807, 2.05) is 0 Å². The second-order valence-electron chi connectivity index (χ2n) is 9.11. The fraction of sp³-hybridized carbons (Fsp3) is 0.423. The Morgan fingerprint density at radius 3 is 2.24 bits per heavy atom. The highest BCUT2D eigenvalue weighted by Crippen LogP contribution is 2.20. The molecule has 2 saturated heterocycles. The molecule has 2 aliphatic heterocycles. The number of amides is 2. The molecule has 198 valence electrons. The van der Waals surface area contributed by atoms with Crippen LogP contribution in [0.2, 0.25) is 0 Å². The first kappa shape index (κ1) is 26.6. The number of anilines is 1. The van der Waals surface area contributed by atoms with Gasteiger partial charge in [-0.1, -0.05) is 12.1 Å². The van der Waals surface area contributed by atoms with Crippen LogP contribution in [0.5, 0.6) is 0 Å². The monoisotopic (exact) mass is 531 g/mol. The van der Waals surface area contributed by atoms with E-state index in [9.17, 15) is 27.2 Å². The van der Waals surface area contributed by atoms with Crippen molar-refractivity contribution in [3.8, 4) is 0 Å². The van der Waals surface area contributed by atoms with Crippen LogP contribution in [0.1, 0.15) is 34.1 Å². The predicted octanol–water partition coefficient (Wildman–Crippen LogP) is 1.98. The minimum atomic E-state index is -3.17. The largest absolute Gasteiger partial charge is 0.452 e. The summed E-state index contributed by atoms with van der Waals surface area (Å²) >= 11 is 0. The van der Waals surface area contributed by atoms with E-state index in [1.165, 1.54) is 23.1 Å². The SMILES string of the molecule is CCN(C(=O)COC(=O)c1ccccc1C(=O)N1CCN(c2ccc(F)cc2)CC1)C1CCS(=O)(=O)C1. The third-order valence-electron chi connectivity index (χ3n) is 6.77. The van der Waals surface area contributed by atoms with Crippen LogP contribution in [0, 0.1) is 5.82 Å². The lowest BCUT2D eigenvalue weighted by Gasteiger charge is -2.36. The molecule has 4 rings (SSSR count). The number of ether oxygens (including phenoxy) is 1. The van der Waals surface area contributed by atoms with Crippen LogP contribution in [-0.4, -0.2) is 92.9 Å². The Morgan fingerprint density at radius 2 is 1.65 bits per heavy atom. The molecule has 0 saturated carbocycles. The van der Waals surface area contributed by atoms with Gasteiger partial charge in [0.25, 0.3) is 11.8 Å². The maximum absolute atomic E-state index is 13.3. The predicted molar refractivity (Wildman–Crippen MR) is 136 cm³/mol. The Kier molecular flexibility index (Phi) is 8.11. The number of hydrogen-bond donors (Lipinski definition) is 0. The first-order chi connectivity index (χ1) is 17.7. The maximum Gasteiger partial charge on any atom is 0.339 e. The molecule has 0 aromatic heterocycles. The highest BCUT2D eigenvalue weighted by Gasteiger charge is 2.34. The summed E-state index contributed by atoms with van der Waals surface area (Å²) in [6, 6.07) is 12.1. The summed E-state index contributed by atoms with van der Waals surface area (Å²) in [5, 5.41) is 0. The average Bonchev–Trinajstić information content (AvgIpc) is 3.26. The van der Waals surface area contributed by atoms with E-state index >= 15 is 0 Å². The van der Waals surface area contributed by atoms with Gasteiger partial charge in [-0.05, 0) is 49.7 Å². The number of rotatable bonds is 7. The van der Waals surface area contributed by atoms with Crippen molar-refractivity contribution in [3.05, 3.63) is 65.5 Å². The molecule has 1 atom stereocenters. The van der Waals surface area contributed by atoms with Crippen LogP contribution < -0.4 is 4.90 Å². The number of piperazine rings is 1. The minimum absolute atomic E-state index is 0.0366. The van der Waals surface area contributed by atoms with Gasteiger partial charge in [0.1, 0.15) is 5.82 Å². The molecule has 9 nitrogen and oxygen atoms in total. The average molecular weight is 532 g/mol. The van der Waals surface area contributed by atoms with Gasteiger partial charge < -0.3 is 19.4 Å². The van der Waals surface area contributed by atoms with Gasteiger partial charge in [-0.25, -0.2) is 17.6 Å². The summed E-state index contributed by atoms with van der Waals surface area (Å²) in [6.07, 6.45) is 0.363. The summed E-state index contributed by atoms with van der Waals surface area (Å²) in [6.45, 7) is 3.47. The number of halogens is 1. The van der Waals surface area contributed by atoms with Crippen molar-refractivity contribution >= 4 is 33.3 Å². The molecule has 2 aromatic carbocycles. The van der Waals surface area contributed by atoms with E-state index in [0.717, 1.165) is 5.69 Å². The molecule has 0 radical (unpaired) electrons. The lowest BCUT2D eigenvalue weighted by atomic mass is 10.1. The lowest BCUT2D eigenvalue weighted by Crippen LogP contribution is -2.49. The molecule has 2 amide bonds. The van der Waals surface area contributed by atoms with Crippen molar-refractivity contribution in [1.29, 1.82) is 0 Å². The maximum atomic E-state index is 13.3. The highest BCUT2D eigenvalue weighted by molar-refractivity contribution is 7.91. The number of carbonyl (C=O) groups excluding carboxylic acids is 3. The molecule has 2 heterocycles. The normalized spacial score (nSPS) is 18.9. The second-order valence-corrected chi connectivity index (χ2v) is 11.3. The molecule has 2 aliphatic rings. The first-order valence-electron chi connectivity index (χ1n) is 12.2. The third-order valence-corrected chi connectivity index (χ3v) is 8.52.